The van der Waals surface area contributed by atoms with Gasteiger partial charge < -0.3 is 24.3 Å². The van der Waals surface area contributed by atoms with Gasteiger partial charge in [-0.1, -0.05) is 30.3 Å². The molecule has 1 atom stereocenters. The Labute approximate surface area is 208 Å². The summed E-state index contributed by atoms with van der Waals surface area (Å²) in [4.78, 5) is 37.4. The predicted molar refractivity (Wildman–Crippen MR) is 133 cm³/mol. The minimum atomic E-state index is -1.20. The first-order valence-electron chi connectivity index (χ1n) is 12.3. The minimum Gasteiger partial charge on any atom is -0.487 e. The van der Waals surface area contributed by atoms with E-state index < -0.39 is 30.1 Å². The zero-order valence-corrected chi connectivity index (χ0v) is 20.4. The molecule has 0 bridgehead atoms. The maximum Gasteiger partial charge on any atom is 0.339 e. The first kappa shape index (κ1) is 23.9. The van der Waals surface area contributed by atoms with Crippen LogP contribution in [-0.4, -0.2) is 29.2 Å². The van der Waals surface area contributed by atoms with Gasteiger partial charge in [0.1, 0.15) is 22.7 Å². The highest BCUT2D eigenvalue weighted by Gasteiger charge is 2.32. The third-order valence-electron chi connectivity index (χ3n) is 6.93. The monoisotopic (exact) mass is 491 g/mol. The van der Waals surface area contributed by atoms with Crippen molar-refractivity contribution in [2.45, 2.75) is 64.0 Å². The van der Waals surface area contributed by atoms with E-state index in [4.69, 9.17) is 13.9 Å². The molecule has 36 heavy (non-hydrogen) atoms. The maximum atomic E-state index is 12.8. The van der Waals surface area contributed by atoms with E-state index in [0.29, 0.717) is 46.4 Å². The lowest BCUT2D eigenvalue weighted by Crippen LogP contribution is -2.36. The Morgan fingerprint density at radius 2 is 1.81 bits per heavy atom. The quantitative estimate of drug-likeness (QED) is 0.499. The number of ether oxygens (including phenoxy) is 2. The average Bonchev–Trinajstić information content (AvgIpc) is 2.85. The van der Waals surface area contributed by atoms with Gasteiger partial charge in [0.05, 0.1) is 5.39 Å². The number of nitrogens with one attached hydrogen (secondary N) is 1. The van der Waals surface area contributed by atoms with Crippen LogP contribution >= 0.6 is 0 Å². The molecule has 2 aliphatic rings. The van der Waals surface area contributed by atoms with Crippen LogP contribution in [0, 0.1) is 0 Å². The Hall–Kier alpha value is -3.81. The van der Waals surface area contributed by atoms with E-state index in [9.17, 15) is 19.5 Å². The normalized spacial score (nSPS) is 16.8. The molecule has 2 heterocycles. The van der Waals surface area contributed by atoms with Crippen LogP contribution in [0.15, 0.2) is 45.6 Å². The van der Waals surface area contributed by atoms with Crippen LogP contribution in [0.3, 0.4) is 0 Å². The Morgan fingerprint density at radius 3 is 2.53 bits per heavy atom. The molecule has 0 fully saturated rings. The Kier molecular flexibility index (Phi) is 6.20. The highest BCUT2D eigenvalue weighted by atomic mass is 16.5. The number of aliphatic carboxylic acids is 1. The molecule has 8 nitrogen and oxygen atoms in total. The summed E-state index contributed by atoms with van der Waals surface area (Å²) < 4.78 is 18.0. The standard InChI is InChI=1S/C28H29NO7/c1-28(2)13-12-19-20(36-28)14-21(23-17-10-6-7-11-18(17)27(33)35-25(19)23)34-15-22(30)29-24(26(31)32)16-8-4-3-5-9-16/h3-5,8-9,14,24H,6-7,10-13,15H2,1-2H3,(H,29,30)(H,31,32)/t24-/m1/s1. The molecule has 0 saturated heterocycles. The van der Waals surface area contributed by atoms with E-state index in [2.05, 4.69) is 5.32 Å². The number of carbonyl (C=O) groups excluding carboxylic acids is 1. The molecular formula is C28H29NO7. The Bertz CT molecular complexity index is 1390. The third-order valence-corrected chi connectivity index (χ3v) is 6.93. The lowest BCUT2D eigenvalue weighted by atomic mass is 9.87. The van der Waals surface area contributed by atoms with Gasteiger partial charge in [-0.25, -0.2) is 9.59 Å². The highest BCUT2D eigenvalue weighted by Crippen LogP contribution is 2.44. The molecule has 1 amide bonds. The van der Waals surface area contributed by atoms with E-state index in [1.54, 1.807) is 36.4 Å². The molecule has 2 aromatic carbocycles. The van der Waals surface area contributed by atoms with Gasteiger partial charge in [-0.15, -0.1) is 0 Å². The van der Waals surface area contributed by atoms with E-state index in [1.165, 1.54) is 0 Å². The molecule has 8 heteroatoms. The molecular weight excluding hydrogens is 462 g/mol. The van der Waals surface area contributed by atoms with Crippen molar-refractivity contribution in [3.05, 3.63) is 69.1 Å². The summed E-state index contributed by atoms with van der Waals surface area (Å²) in [6.45, 7) is 3.58. The minimum absolute atomic E-state index is 0.328. The molecule has 1 aliphatic heterocycles. The fourth-order valence-corrected chi connectivity index (χ4v) is 5.11. The smallest absolute Gasteiger partial charge is 0.339 e. The second-order valence-corrected chi connectivity index (χ2v) is 10.0. The van der Waals surface area contributed by atoms with E-state index in [0.717, 1.165) is 36.8 Å². The van der Waals surface area contributed by atoms with Crippen LogP contribution in [0.5, 0.6) is 11.5 Å². The summed E-state index contributed by atoms with van der Waals surface area (Å²) in [5.41, 5.74) is 2.60. The van der Waals surface area contributed by atoms with Crippen molar-refractivity contribution in [1.29, 1.82) is 0 Å². The molecule has 3 aromatic rings. The molecule has 0 unspecified atom stereocenters. The van der Waals surface area contributed by atoms with Gasteiger partial charge >= 0.3 is 11.6 Å². The highest BCUT2D eigenvalue weighted by molar-refractivity contribution is 5.93. The summed E-state index contributed by atoms with van der Waals surface area (Å²) in [5, 5.41) is 12.9. The number of benzene rings is 2. The SMILES string of the molecule is CC1(C)CCc2c(cc(OCC(=O)N[C@@H](C(=O)O)c3ccccc3)c3c4c(c(=O)oc23)CCCC4)O1. The average molecular weight is 492 g/mol. The van der Waals surface area contributed by atoms with Crippen molar-refractivity contribution in [1.82, 2.24) is 5.32 Å². The first-order valence-corrected chi connectivity index (χ1v) is 12.3. The second-order valence-electron chi connectivity index (χ2n) is 10.0. The number of hydrogen-bond acceptors (Lipinski definition) is 6. The second kappa shape index (κ2) is 9.33. The summed E-state index contributed by atoms with van der Waals surface area (Å²) >= 11 is 0. The number of amides is 1. The molecule has 5 rings (SSSR count). The van der Waals surface area contributed by atoms with Crippen LogP contribution < -0.4 is 20.4 Å². The number of carboxylic acids is 1. The Morgan fingerprint density at radius 1 is 1.08 bits per heavy atom. The Balaban J connectivity index is 1.50. The third kappa shape index (κ3) is 4.55. The fourth-order valence-electron chi connectivity index (χ4n) is 5.11. The van der Waals surface area contributed by atoms with Crippen LogP contribution in [0.25, 0.3) is 11.0 Å². The van der Waals surface area contributed by atoms with Crippen molar-refractivity contribution < 1.29 is 28.6 Å². The number of rotatable bonds is 6. The summed E-state index contributed by atoms with van der Waals surface area (Å²) in [6, 6.07) is 9.06. The largest absolute Gasteiger partial charge is 0.487 e. The van der Waals surface area contributed by atoms with E-state index in [1.807, 2.05) is 13.8 Å². The van der Waals surface area contributed by atoms with Gasteiger partial charge in [0.25, 0.3) is 5.91 Å². The number of hydrogen-bond donors (Lipinski definition) is 2. The van der Waals surface area contributed by atoms with Crippen molar-refractivity contribution in [2.24, 2.45) is 0 Å². The van der Waals surface area contributed by atoms with Crippen molar-refractivity contribution >= 4 is 22.8 Å². The number of carboxylic acid groups (broad SMARTS) is 1. The number of fused-ring (bicyclic) bond motifs is 5. The molecule has 1 aliphatic carbocycles. The number of aryl methyl sites for hydroxylation is 2. The topological polar surface area (TPSA) is 115 Å². The fraction of sp³-hybridized carbons (Fsp3) is 0.393. The van der Waals surface area contributed by atoms with Gasteiger partial charge in [-0.2, -0.15) is 0 Å². The van der Waals surface area contributed by atoms with Crippen molar-refractivity contribution in [2.75, 3.05) is 6.61 Å². The summed E-state index contributed by atoms with van der Waals surface area (Å²) in [6.07, 6.45) is 4.70. The number of carbonyl (C=O) groups is 2. The van der Waals surface area contributed by atoms with Crippen LogP contribution in [0.4, 0.5) is 0 Å². The van der Waals surface area contributed by atoms with E-state index >= 15 is 0 Å². The molecule has 0 spiro atoms. The molecule has 0 radical (unpaired) electrons. The van der Waals surface area contributed by atoms with Gasteiger partial charge in [0, 0.05) is 17.2 Å². The van der Waals surface area contributed by atoms with E-state index in [-0.39, 0.29) is 5.63 Å². The first-order chi connectivity index (χ1) is 17.2. The van der Waals surface area contributed by atoms with Crippen LogP contribution in [-0.2, 0) is 28.9 Å². The van der Waals surface area contributed by atoms with Crippen LogP contribution in [0.2, 0.25) is 0 Å². The lowest BCUT2D eigenvalue weighted by molar-refractivity contribution is -0.142. The molecule has 1 aromatic heterocycles. The zero-order valence-electron chi connectivity index (χ0n) is 20.4. The van der Waals surface area contributed by atoms with Crippen molar-refractivity contribution in [3.63, 3.8) is 0 Å². The van der Waals surface area contributed by atoms with Crippen LogP contribution in [0.1, 0.15) is 61.4 Å². The molecule has 2 N–H and O–H groups in total. The zero-order chi connectivity index (χ0) is 25.4. The van der Waals surface area contributed by atoms with Gasteiger partial charge in [0.2, 0.25) is 0 Å². The van der Waals surface area contributed by atoms with Crippen molar-refractivity contribution in [3.8, 4) is 11.5 Å². The summed E-state index contributed by atoms with van der Waals surface area (Å²) in [7, 11) is 0. The maximum absolute atomic E-state index is 12.8. The lowest BCUT2D eigenvalue weighted by Gasteiger charge is -2.33. The predicted octanol–water partition coefficient (Wildman–Crippen LogP) is 4.10. The molecule has 188 valence electrons. The van der Waals surface area contributed by atoms with Gasteiger partial charge in [-0.05, 0) is 63.5 Å². The summed E-state index contributed by atoms with van der Waals surface area (Å²) in [5.74, 6) is -0.782. The molecule has 0 saturated carbocycles. The van der Waals surface area contributed by atoms with Gasteiger partial charge in [-0.3, -0.25) is 4.79 Å². The van der Waals surface area contributed by atoms with Gasteiger partial charge in [0.15, 0.2) is 12.6 Å².